The van der Waals surface area contributed by atoms with Crippen molar-refractivity contribution in [1.29, 1.82) is 5.26 Å². The second kappa shape index (κ2) is 5.38. The third-order valence-corrected chi connectivity index (χ3v) is 3.86. The average molecular weight is 267 g/mol. The minimum absolute atomic E-state index is 0.662. The molecule has 4 nitrogen and oxygen atoms in total. The summed E-state index contributed by atoms with van der Waals surface area (Å²) in [5.74, 6) is 0.822. The zero-order valence-electron chi connectivity index (χ0n) is 11.6. The van der Waals surface area contributed by atoms with Gasteiger partial charge in [-0.2, -0.15) is 5.26 Å². The quantitative estimate of drug-likeness (QED) is 0.859. The molecule has 0 atom stereocenters. The first-order valence-corrected chi connectivity index (χ1v) is 6.91. The first-order valence-electron chi connectivity index (χ1n) is 6.91. The number of fused-ring (bicyclic) bond motifs is 1. The van der Waals surface area contributed by atoms with Crippen molar-refractivity contribution in [3.63, 3.8) is 0 Å². The van der Waals surface area contributed by atoms with Crippen LogP contribution < -0.4 is 4.74 Å². The molecule has 20 heavy (non-hydrogen) atoms. The molecule has 102 valence electrons. The molecule has 1 heterocycles. The summed E-state index contributed by atoms with van der Waals surface area (Å²) < 4.78 is 7.58. The SMILES string of the molecule is COc1ccc(C#N)cc1Cn1cnc2c1CCCC2. The Hall–Kier alpha value is -2.28. The summed E-state index contributed by atoms with van der Waals surface area (Å²) in [5.41, 5.74) is 4.25. The van der Waals surface area contributed by atoms with Gasteiger partial charge in [-0.25, -0.2) is 4.98 Å². The number of aryl methyl sites for hydroxylation is 1. The van der Waals surface area contributed by atoms with E-state index >= 15 is 0 Å². The Morgan fingerprint density at radius 1 is 1.35 bits per heavy atom. The highest BCUT2D eigenvalue weighted by Gasteiger charge is 2.16. The predicted octanol–water partition coefficient (Wildman–Crippen LogP) is 2.69. The third-order valence-electron chi connectivity index (χ3n) is 3.86. The van der Waals surface area contributed by atoms with Gasteiger partial charge < -0.3 is 9.30 Å². The van der Waals surface area contributed by atoms with Crippen molar-refractivity contribution in [3.8, 4) is 11.8 Å². The molecule has 1 aromatic carbocycles. The van der Waals surface area contributed by atoms with Crippen LogP contribution in [-0.2, 0) is 19.4 Å². The van der Waals surface area contributed by atoms with E-state index in [9.17, 15) is 0 Å². The number of imidazole rings is 1. The molecule has 1 aromatic heterocycles. The number of nitriles is 1. The molecule has 3 rings (SSSR count). The summed E-state index contributed by atoms with van der Waals surface area (Å²) in [6, 6.07) is 7.72. The molecular formula is C16H17N3O. The molecule has 0 bridgehead atoms. The number of aromatic nitrogens is 2. The number of hydrogen-bond donors (Lipinski definition) is 0. The normalized spacial score (nSPS) is 13.6. The lowest BCUT2D eigenvalue weighted by molar-refractivity contribution is 0.408. The number of hydrogen-bond acceptors (Lipinski definition) is 3. The summed E-state index contributed by atoms with van der Waals surface area (Å²) >= 11 is 0. The van der Waals surface area contributed by atoms with Gasteiger partial charge in [-0.15, -0.1) is 0 Å². The molecule has 0 unspecified atom stereocenters. The minimum atomic E-state index is 0.662. The Labute approximate surface area is 118 Å². The lowest BCUT2D eigenvalue weighted by Crippen LogP contribution is -2.09. The first kappa shape index (κ1) is 12.7. The largest absolute Gasteiger partial charge is 0.496 e. The fraction of sp³-hybridized carbons (Fsp3) is 0.375. The Kier molecular flexibility index (Phi) is 3.42. The summed E-state index contributed by atoms with van der Waals surface area (Å²) in [5, 5.41) is 9.03. The van der Waals surface area contributed by atoms with E-state index in [1.165, 1.54) is 24.2 Å². The van der Waals surface area contributed by atoms with Gasteiger partial charge in [-0.1, -0.05) is 0 Å². The number of rotatable bonds is 3. The van der Waals surface area contributed by atoms with Gasteiger partial charge >= 0.3 is 0 Å². The van der Waals surface area contributed by atoms with Crippen LogP contribution in [0.4, 0.5) is 0 Å². The molecule has 1 aliphatic carbocycles. The molecule has 4 heteroatoms. The van der Waals surface area contributed by atoms with Gasteiger partial charge in [-0.05, 0) is 43.9 Å². The van der Waals surface area contributed by atoms with Crippen LogP contribution in [0.1, 0.15) is 35.4 Å². The molecule has 0 aliphatic heterocycles. The zero-order chi connectivity index (χ0) is 13.9. The number of nitrogens with zero attached hydrogens (tertiary/aromatic N) is 3. The molecular weight excluding hydrogens is 250 g/mol. The van der Waals surface area contributed by atoms with E-state index in [1.807, 2.05) is 18.5 Å². The molecule has 1 aliphatic rings. The van der Waals surface area contributed by atoms with Crippen LogP contribution >= 0.6 is 0 Å². The summed E-state index contributed by atoms with van der Waals surface area (Å²) in [7, 11) is 1.66. The highest BCUT2D eigenvalue weighted by atomic mass is 16.5. The Morgan fingerprint density at radius 2 is 2.20 bits per heavy atom. The monoisotopic (exact) mass is 267 g/mol. The number of benzene rings is 1. The topological polar surface area (TPSA) is 50.8 Å². The van der Waals surface area contributed by atoms with Crippen molar-refractivity contribution in [1.82, 2.24) is 9.55 Å². The Morgan fingerprint density at radius 3 is 3.00 bits per heavy atom. The second-order valence-corrected chi connectivity index (χ2v) is 5.11. The van der Waals surface area contributed by atoms with E-state index in [-0.39, 0.29) is 0 Å². The van der Waals surface area contributed by atoms with Crippen molar-refractivity contribution >= 4 is 0 Å². The lowest BCUT2D eigenvalue weighted by atomic mass is 10.0. The van der Waals surface area contributed by atoms with Gasteiger partial charge in [0.05, 0.1) is 37.3 Å². The van der Waals surface area contributed by atoms with Gasteiger partial charge in [0.15, 0.2) is 0 Å². The Balaban J connectivity index is 1.95. The van der Waals surface area contributed by atoms with Crippen molar-refractivity contribution in [2.24, 2.45) is 0 Å². The average Bonchev–Trinajstić information content (AvgIpc) is 2.90. The molecule has 0 saturated heterocycles. The highest BCUT2D eigenvalue weighted by Crippen LogP contribution is 2.24. The van der Waals surface area contributed by atoms with Gasteiger partial charge in [0, 0.05) is 11.3 Å². The van der Waals surface area contributed by atoms with Crippen molar-refractivity contribution in [2.75, 3.05) is 7.11 Å². The smallest absolute Gasteiger partial charge is 0.123 e. The molecule has 0 saturated carbocycles. The van der Waals surface area contributed by atoms with Crippen molar-refractivity contribution in [2.45, 2.75) is 32.2 Å². The maximum Gasteiger partial charge on any atom is 0.123 e. The fourth-order valence-electron chi connectivity index (χ4n) is 2.82. The van der Waals surface area contributed by atoms with Crippen LogP contribution in [0.25, 0.3) is 0 Å². The molecule has 0 amide bonds. The van der Waals surface area contributed by atoms with E-state index < -0.39 is 0 Å². The minimum Gasteiger partial charge on any atom is -0.496 e. The van der Waals surface area contributed by atoms with Crippen LogP contribution in [0, 0.1) is 11.3 Å². The van der Waals surface area contributed by atoms with E-state index in [1.54, 1.807) is 13.2 Å². The molecule has 0 fully saturated rings. The van der Waals surface area contributed by atoms with Crippen molar-refractivity contribution < 1.29 is 4.74 Å². The lowest BCUT2D eigenvalue weighted by Gasteiger charge is -2.15. The molecule has 0 spiro atoms. The fourth-order valence-corrected chi connectivity index (χ4v) is 2.82. The zero-order valence-corrected chi connectivity index (χ0v) is 11.6. The third kappa shape index (κ3) is 2.27. The van der Waals surface area contributed by atoms with Crippen LogP contribution in [0.2, 0.25) is 0 Å². The maximum atomic E-state index is 9.03. The van der Waals surface area contributed by atoms with E-state index in [4.69, 9.17) is 10.00 Å². The van der Waals surface area contributed by atoms with Gasteiger partial charge in [0.1, 0.15) is 5.75 Å². The summed E-state index contributed by atoms with van der Waals surface area (Å²) in [6.07, 6.45) is 6.55. The number of ether oxygens (including phenoxy) is 1. The van der Waals surface area contributed by atoms with E-state index in [0.29, 0.717) is 12.1 Å². The standard InChI is InChI=1S/C16H17N3O/c1-20-16-7-6-12(9-17)8-13(16)10-19-11-18-14-4-2-3-5-15(14)19/h6-8,11H,2-5,10H2,1H3. The second-order valence-electron chi connectivity index (χ2n) is 5.11. The molecule has 0 N–H and O–H groups in total. The number of methoxy groups -OCH3 is 1. The van der Waals surface area contributed by atoms with Crippen LogP contribution in [-0.4, -0.2) is 16.7 Å². The van der Waals surface area contributed by atoms with Crippen LogP contribution in [0.15, 0.2) is 24.5 Å². The van der Waals surface area contributed by atoms with Gasteiger partial charge in [0.25, 0.3) is 0 Å². The van der Waals surface area contributed by atoms with E-state index in [2.05, 4.69) is 15.6 Å². The maximum absolute atomic E-state index is 9.03. The van der Waals surface area contributed by atoms with Crippen LogP contribution in [0.5, 0.6) is 5.75 Å². The Bertz CT molecular complexity index is 667. The van der Waals surface area contributed by atoms with E-state index in [0.717, 1.165) is 24.2 Å². The molecule has 0 radical (unpaired) electrons. The summed E-state index contributed by atoms with van der Waals surface area (Å²) in [6.45, 7) is 0.709. The highest BCUT2D eigenvalue weighted by molar-refractivity contribution is 5.42. The van der Waals surface area contributed by atoms with Crippen LogP contribution in [0.3, 0.4) is 0 Å². The molecule has 2 aromatic rings. The van der Waals surface area contributed by atoms with Gasteiger partial charge in [0.2, 0.25) is 0 Å². The van der Waals surface area contributed by atoms with Gasteiger partial charge in [-0.3, -0.25) is 0 Å². The first-order chi connectivity index (χ1) is 9.81. The van der Waals surface area contributed by atoms with Crippen molar-refractivity contribution in [3.05, 3.63) is 47.0 Å². The summed E-state index contributed by atoms with van der Waals surface area (Å²) in [4.78, 5) is 4.51. The predicted molar refractivity (Wildman–Crippen MR) is 75.7 cm³/mol.